The predicted octanol–water partition coefficient (Wildman–Crippen LogP) is 2.74. The Morgan fingerprint density at radius 3 is 2.82 bits per heavy atom. The lowest BCUT2D eigenvalue weighted by molar-refractivity contribution is -0.136. The van der Waals surface area contributed by atoms with Gasteiger partial charge in [0.05, 0.1) is 5.69 Å². The Morgan fingerprint density at radius 1 is 1.21 bits per heavy atom. The molecule has 0 radical (unpaired) electrons. The van der Waals surface area contributed by atoms with Gasteiger partial charge in [0.15, 0.2) is 0 Å². The number of carbonyl (C=O) groups excluding carboxylic acids is 1. The van der Waals surface area contributed by atoms with E-state index in [9.17, 15) is 19.5 Å². The molecule has 38 heavy (non-hydrogen) atoms. The summed E-state index contributed by atoms with van der Waals surface area (Å²) in [6, 6.07) is 7.82. The number of tetrazole rings is 1. The number of carbonyl (C=O) groups is 2. The van der Waals surface area contributed by atoms with E-state index in [4.69, 9.17) is 16.3 Å². The molecular formula is C26H21ClN6O5. The molecule has 0 saturated carbocycles. The highest BCUT2D eigenvalue weighted by molar-refractivity contribution is 6.31. The van der Waals surface area contributed by atoms with Crippen LogP contribution >= 0.6 is 11.6 Å². The van der Waals surface area contributed by atoms with E-state index in [0.717, 1.165) is 0 Å². The number of fused-ring (bicyclic) bond motifs is 1. The van der Waals surface area contributed by atoms with E-state index in [1.165, 1.54) is 33.8 Å². The fraction of sp³-hybridized carbons (Fsp3) is 0.154. The van der Waals surface area contributed by atoms with Crippen molar-refractivity contribution in [3.05, 3.63) is 106 Å². The van der Waals surface area contributed by atoms with Crippen LogP contribution in [0.4, 0.5) is 0 Å². The van der Waals surface area contributed by atoms with E-state index in [1.54, 1.807) is 30.4 Å². The number of halogens is 1. The van der Waals surface area contributed by atoms with Crippen molar-refractivity contribution in [1.82, 2.24) is 30.1 Å². The average molecular weight is 533 g/mol. The Hall–Kier alpha value is -4.77. The number of ether oxygens (including phenoxy) is 1. The van der Waals surface area contributed by atoms with E-state index < -0.39 is 12.0 Å². The molecule has 2 aliphatic heterocycles. The molecule has 5 rings (SSSR count). The van der Waals surface area contributed by atoms with Crippen molar-refractivity contribution in [3.8, 4) is 16.8 Å². The highest BCUT2D eigenvalue weighted by Gasteiger charge is 2.30. The van der Waals surface area contributed by atoms with E-state index in [1.807, 2.05) is 6.07 Å². The number of hydrogen-bond acceptors (Lipinski definition) is 7. The Morgan fingerprint density at radius 2 is 2.05 bits per heavy atom. The third-order valence-corrected chi connectivity index (χ3v) is 6.30. The van der Waals surface area contributed by atoms with Gasteiger partial charge in [-0.2, -0.15) is 4.68 Å². The Labute approximate surface area is 221 Å². The van der Waals surface area contributed by atoms with Gasteiger partial charge in [0.1, 0.15) is 19.0 Å². The SMILES string of the molecule is C=C1/C=C(/C(=O)O)OC/C=C\C(NC(=O)[C@@H]2CCc3cc(-c4cc(Cl)ccc4-n4cnnn4)cc(=O)n32)=C/1. The summed E-state index contributed by atoms with van der Waals surface area (Å²) in [6.07, 6.45) is 8.39. The number of carboxylic acids is 1. The summed E-state index contributed by atoms with van der Waals surface area (Å²) >= 11 is 6.25. The summed E-state index contributed by atoms with van der Waals surface area (Å²) in [4.78, 5) is 37.8. The van der Waals surface area contributed by atoms with Crippen molar-refractivity contribution in [2.45, 2.75) is 18.9 Å². The first-order valence-electron chi connectivity index (χ1n) is 11.5. The molecule has 0 bridgehead atoms. The summed E-state index contributed by atoms with van der Waals surface area (Å²) < 4.78 is 8.17. The molecule has 0 unspecified atom stereocenters. The van der Waals surface area contributed by atoms with Crippen molar-refractivity contribution in [2.24, 2.45) is 0 Å². The molecule has 1 atom stereocenters. The highest BCUT2D eigenvalue weighted by atomic mass is 35.5. The maximum Gasteiger partial charge on any atom is 0.371 e. The third kappa shape index (κ3) is 5.04. The van der Waals surface area contributed by atoms with Crippen LogP contribution in [-0.2, 0) is 20.7 Å². The van der Waals surface area contributed by atoms with Crippen LogP contribution in [0.2, 0.25) is 5.02 Å². The van der Waals surface area contributed by atoms with Gasteiger partial charge in [0.25, 0.3) is 5.56 Å². The fourth-order valence-corrected chi connectivity index (χ4v) is 4.62. The second-order valence-electron chi connectivity index (χ2n) is 8.60. The number of nitrogens with zero attached hydrogens (tertiary/aromatic N) is 5. The van der Waals surface area contributed by atoms with Gasteiger partial charge in [-0.15, -0.1) is 5.10 Å². The Kier molecular flexibility index (Phi) is 6.75. The number of aryl methyl sites for hydroxylation is 1. The number of pyridine rings is 1. The number of hydrogen-bond donors (Lipinski definition) is 2. The molecule has 12 heteroatoms. The number of aliphatic carboxylic acids is 1. The zero-order chi connectivity index (χ0) is 26.8. The summed E-state index contributed by atoms with van der Waals surface area (Å²) in [6.45, 7) is 3.81. The van der Waals surface area contributed by atoms with E-state index in [0.29, 0.717) is 51.6 Å². The molecule has 2 N–H and O–H groups in total. The van der Waals surface area contributed by atoms with Crippen molar-refractivity contribution < 1.29 is 19.4 Å². The summed E-state index contributed by atoms with van der Waals surface area (Å²) in [5.74, 6) is -1.84. The van der Waals surface area contributed by atoms with Crippen LogP contribution in [0.25, 0.3) is 16.8 Å². The third-order valence-electron chi connectivity index (χ3n) is 6.07. The molecule has 192 valence electrons. The summed E-state index contributed by atoms with van der Waals surface area (Å²) in [5.41, 5.74) is 3.07. The molecule has 1 amide bonds. The zero-order valence-electron chi connectivity index (χ0n) is 19.9. The minimum Gasteiger partial charge on any atom is -0.482 e. The van der Waals surface area contributed by atoms with Gasteiger partial charge >= 0.3 is 5.97 Å². The quantitative estimate of drug-likeness (QED) is 0.511. The topological polar surface area (TPSA) is 141 Å². The van der Waals surface area contributed by atoms with Gasteiger partial charge in [0.2, 0.25) is 11.7 Å². The maximum atomic E-state index is 13.3. The number of aromatic nitrogens is 5. The molecule has 11 nitrogen and oxygen atoms in total. The van der Waals surface area contributed by atoms with Crippen LogP contribution in [0.1, 0.15) is 18.2 Å². The van der Waals surface area contributed by atoms with Gasteiger partial charge in [0, 0.05) is 28.0 Å². The summed E-state index contributed by atoms with van der Waals surface area (Å²) in [7, 11) is 0. The van der Waals surface area contributed by atoms with Crippen LogP contribution in [0.15, 0.2) is 89.4 Å². The lowest BCUT2D eigenvalue weighted by Crippen LogP contribution is -2.34. The lowest BCUT2D eigenvalue weighted by Gasteiger charge is -2.16. The number of allylic oxidation sites excluding steroid dienone is 4. The van der Waals surface area contributed by atoms with E-state index in [-0.39, 0.29) is 23.8 Å². The van der Waals surface area contributed by atoms with Crippen molar-refractivity contribution in [3.63, 3.8) is 0 Å². The average Bonchev–Trinajstić information content (AvgIpc) is 3.56. The Bertz CT molecular complexity index is 1600. The number of rotatable bonds is 5. The first-order valence-corrected chi connectivity index (χ1v) is 11.9. The first kappa shape index (κ1) is 24.9. The monoisotopic (exact) mass is 532 g/mol. The molecular weight excluding hydrogens is 512 g/mol. The normalized spacial score (nSPS) is 20.4. The van der Waals surface area contributed by atoms with Crippen molar-refractivity contribution >= 4 is 23.5 Å². The molecule has 0 aliphatic carbocycles. The largest absolute Gasteiger partial charge is 0.482 e. The number of carboxylic acid groups (broad SMARTS) is 1. The molecule has 3 aromatic rings. The molecule has 0 spiro atoms. The zero-order valence-corrected chi connectivity index (χ0v) is 20.6. The minimum atomic E-state index is -1.22. The predicted molar refractivity (Wildman–Crippen MR) is 137 cm³/mol. The lowest BCUT2D eigenvalue weighted by atomic mass is 10.0. The molecule has 0 saturated heterocycles. The van der Waals surface area contributed by atoms with Crippen molar-refractivity contribution in [2.75, 3.05) is 6.61 Å². The maximum absolute atomic E-state index is 13.3. The molecule has 4 heterocycles. The molecule has 2 aliphatic rings. The van der Waals surface area contributed by atoms with Gasteiger partial charge in [-0.3, -0.25) is 9.59 Å². The second kappa shape index (κ2) is 10.3. The van der Waals surface area contributed by atoms with Gasteiger partial charge in [-0.1, -0.05) is 18.2 Å². The van der Waals surface area contributed by atoms with Gasteiger partial charge in [-0.25, -0.2) is 4.79 Å². The van der Waals surface area contributed by atoms with Gasteiger partial charge in [-0.05, 0) is 83.0 Å². The fourth-order valence-electron chi connectivity index (χ4n) is 4.45. The summed E-state index contributed by atoms with van der Waals surface area (Å²) in [5, 5.41) is 23.8. The van der Waals surface area contributed by atoms with Crippen LogP contribution in [0, 0.1) is 0 Å². The van der Waals surface area contributed by atoms with Crippen LogP contribution < -0.4 is 10.9 Å². The van der Waals surface area contributed by atoms with E-state index >= 15 is 0 Å². The van der Waals surface area contributed by atoms with Crippen molar-refractivity contribution in [1.29, 1.82) is 0 Å². The molecule has 0 fully saturated rings. The minimum absolute atomic E-state index is 0.00324. The van der Waals surface area contributed by atoms with Crippen LogP contribution in [-0.4, -0.2) is 48.4 Å². The second-order valence-corrected chi connectivity index (χ2v) is 9.04. The smallest absolute Gasteiger partial charge is 0.371 e. The number of benzene rings is 1. The van der Waals surface area contributed by atoms with Crippen LogP contribution in [0.3, 0.4) is 0 Å². The molecule has 1 aromatic carbocycles. The number of amides is 1. The number of nitrogens with one attached hydrogen (secondary N) is 1. The standard InChI is InChI=1S/C26H21ClN6O5/c1-15-9-18(3-2-8-38-23(10-15)26(36)37)29-25(35)22-7-5-19-11-16(12-24(34)33(19)22)20-13-17(27)4-6-21(20)32-14-28-30-31-32/h2-4,6,9-14,22H,1,5,7-8H2,(H,29,35)(H,36,37)/b3-2-,18-9+,23-10-/t22-/m0/s1. The Balaban J connectivity index is 1.43. The van der Waals surface area contributed by atoms with Gasteiger partial charge < -0.3 is 19.7 Å². The van der Waals surface area contributed by atoms with Crippen LogP contribution in [0.5, 0.6) is 0 Å². The highest BCUT2D eigenvalue weighted by Crippen LogP contribution is 2.32. The van der Waals surface area contributed by atoms with E-state index in [2.05, 4.69) is 27.4 Å². The first-order chi connectivity index (χ1) is 18.3. The molecule has 2 aromatic heterocycles.